The van der Waals surface area contributed by atoms with Crippen LogP contribution in [0.5, 0.6) is 0 Å². The summed E-state index contributed by atoms with van der Waals surface area (Å²) in [6.07, 6.45) is 9.42. The summed E-state index contributed by atoms with van der Waals surface area (Å²) in [5, 5.41) is 14.2. The molecule has 0 saturated heterocycles. The molecular weight excluding hydrogens is 284 g/mol. The fraction of sp³-hybridized carbons (Fsp3) is 0.688. The number of carbonyl (C=O) groups is 1. The SMILES string of the molecule is NC(=O)c1c(NC(O)CC2CCCC2)sc2c1CCCC2. The fourth-order valence-electron chi connectivity index (χ4n) is 3.70. The molecule has 1 aromatic heterocycles. The Balaban J connectivity index is 1.74. The van der Waals surface area contributed by atoms with Gasteiger partial charge in [-0.05, 0) is 43.6 Å². The van der Waals surface area contributed by atoms with Crippen LogP contribution in [0.2, 0.25) is 0 Å². The van der Waals surface area contributed by atoms with Crippen LogP contribution >= 0.6 is 11.3 Å². The van der Waals surface area contributed by atoms with E-state index in [0.29, 0.717) is 11.5 Å². The van der Waals surface area contributed by atoms with Gasteiger partial charge in [-0.25, -0.2) is 0 Å². The lowest BCUT2D eigenvalue weighted by atomic mass is 9.95. The fourth-order valence-corrected chi connectivity index (χ4v) is 5.04. The molecule has 0 bridgehead atoms. The van der Waals surface area contributed by atoms with Crippen LogP contribution in [0.15, 0.2) is 0 Å². The maximum atomic E-state index is 11.8. The van der Waals surface area contributed by atoms with Crippen molar-refractivity contribution in [1.29, 1.82) is 0 Å². The summed E-state index contributed by atoms with van der Waals surface area (Å²) in [6.45, 7) is 0. The first-order valence-corrected chi connectivity index (χ1v) is 8.85. The number of anilines is 1. The Morgan fingerprint density at radius 2 is 2.00 bits per heavy atom. The highest BCUT2D eigenvalue weighted by atomic mass is 32.1. The molecule has 0 aliphatic heterocycles. The first kappa shape index (κ1) is 14.9. The highest BCUT2D eigenvalue weighted by Gasteiger charge is 2.26. The average Bonchev–Trinajstić information content (AvgIpc) is 3.04. The molecule has 4 N–H and O–H groups in total. The van der Waals surface area contributed by atoms with Gasteiger partial charge in [0.15, 0.2) is 0 Å². The van der Waals surface area contributed by atoms with Crippen LogP contribution in [0, 0.1) is 5.92 Å². The van der Waals surface area contributed by atoms with Crippen molar-refractivity contribution < 1.29 is 9.90 Å². The third-order valence-corrected chi connectivity index (χ3v) is 5.97. The largest absolute Gasteiger partial charge is 0.374 e. The Labute approximate surface area is 129 Å². The van der Waals surface area contributed by atoms with E-state index in [1.807, 2.05) is 0 Å². The second kappa shape index (κ2) is 6.36. The second-order valence-electron chi connectivity index (χ2n) is 6.33. The number of rotatable bonds is 5. The van der Waals surface area contributed by atoms with Crippen molar-refractivity contribution >= 4 is 22.2 Å². The van der Waals surface area contributed by atoms with Crippen molar-refractivity contribution in [3.05, 3.63) is 16.0 Å². The Bertz CT molecular complexity index is 521. The van der Waals surface area contributed by atoms with Gasteiger partial charge in [0.1, 0.15) is 11.2 Å². The zero-order valence-electron chi connectivity index (χ0n) is 12.4. The molecule has 1 saturated carbocycles. The van der Waals surface area contributed by atoms with Crippen molar-refractivity contribution in [1.82, 2.24) is 0 Å². The molecule has 1 heterocycles. The van der Waals surface area contributed by atoms with Gasteiger partial charge in [-0.1, -0.05) is 25.7 Å². The van der Waals surface area contributed by atoms with E-state index in [0.717, 1.165) is 36.2 Å². The number of nitrogens with one attached hydrogen (secondary N) is 1. The lowest BCUT2D eigenvalue weighted by Crippen LogP contribution is -2.23. The molecule has 2 aliphatic carbocycles. The number of aliphatic hydroxyl groups is 1. The zero-order valence-corrected chi connectivity index (χ0v) is 13.2. The molecule has 1 atom stereocenters. The van der Waals surface area contributed by atoms with Crippen LogP contribution < -0.4 is 11.1 Å². The van der Waals surface area contributed by atoms with Gasteiger partial charge in [0.25, 0.3) is 5.91 Å². The molecule has 1 aromatic rings. The van der Waals surface area contributed by atoms with Gasteiger partial charge in [-0.15, -0.1) is 11.3 Å². The molecule has 5 heteroatoms. The number of nitrogens with two attached hydrogens (primary N) is 1. The molecule has 0 radical (unpaired) electrons. The number of thiophene rings is 1. The van der Waals surface area contributed by atoms with E-state index >= 15 is 0 Å². The van der Waals surface area contributed by atoms with E-state index in [2.05, 4.69) is 5.32 Å². The van der Waals surface area contributed by atoms with Crippen molar-refractivity contribution in [2.75, 3.05) is 5.32 Å². The molecule has 0 aromatic carbocycles. The Kier molecular flexibility index (Phi) is 4.50. The van der Waals surface area contributed by atoms with Crippen LogP contribution in [0.25, 0.3) is 0 Å². The average molecular weight is 308 g/mol. The van der Waals surface area contributed by atoms with Crippen molar-refractivity contribution in [2.45, 2.75) is 64.0 Å². The van der Waals surface area contributed by atoms with Crippen molar-refractivity contribution in [3.63, 3.8) is 0 Å². The van der Waals surface area contributed by atoms with E-state index in [1.54, 1.807) is 11.3 Å². The van der Waals surface area contributed by atoms with Crippen LogP contribution in [0.1, 0.15) is 65.7 Å². The number of aryl methyl sites for hydroxylation is 1. The Morgan fingerprint density at radius 1 is 1.29 bits per heavy atom. The van der Waals surface area contributed by atoms with Gasteiger partial charge in [0.05, 0.1) is 5.56 Å². The second-order valence-corrected chi connectivity index (χ2v) is 7.43. The van der Waals surface area contributed by atoms with Crippen molar-refractivity contribution in [3.8, 4) is 0 Å². The van der Waals surface area contributed by atoms with Crippen LogP contribution in [0.3, 0.4) is 0 Å². The lowest BCUT2D eigenvalue weighted by molar-refractivity contribution is 0.1000. The molecule has 116 valence electrons. The molecule has 2 aliphatic rings. The summed E-state index contributed by atoms with van der Waals surface area (Å²) in [5.41, 5.74) is 7.31. The Morgan fingerprint density at radius 3 is 2.71 bits per heavy atom. The Hall–Kier alpha value is -1.07. The quantitative estimate of drug-likeness (QED) is 0.732. The summed E-state index contributed by atoms with van der Waals surface area (Å²) in [6, 6.07) is 0. The highest BCUT2D eigenvalue weighted by molar-refractivity contribution is 7.16. The summed E-state index contributed by atoms with van der Waals surface area (Å²) in [5.74, 6) is 0.240. The van der Waals surface area contributed by atoms with E-state index < -0.39 is 6.23 Å². The van der Waals surface area contributed by atoms with E-state index in [1.165, 1.54) is 37.0 Å². The normalized spacial score (nSPS) is 20.2. The van der Waals surface area contributed by atoms with Gasteiger partial charge < -0.3 is 16.2 Å². The summed E-state index contributed by atoms with van der Waals surface area (Å²) in [7, 11) is 0. The minimum Gasteiger partial charge on any atom is -0.374 e. The summed E-state index contributed by atoms with van der Waals surface area (Å²) in [4.78, 5) is 13.1. The van der Waals surface area contributed by atoms with Gasteiger partial charge >= 0.3 is 0 Å². The van der Waals surface area contributed by atoms with Gasteiger partial charge in [-0.2, -0.15) is 0 Å². The van der Waals surface area contributed by atoms with E-state index in [-0.39, 0.29) is 5.91 Å². The van der Waals surface area contributed by atoms with Gasteiger partial charge in [0.2, 0.25) is 0 Å². The van der Waals surface area contributed by atoms with Gasteiger partial charge in [-0.3, -0.25) is 4.79 Å². The van der Waals surface area contributed by atoms with E-state index in [4.69, 9.17) is 5.73 Å². The minimum absolute atomic E-state index is 0.370. The number of aliphatic hydroxyl groups excluding tert-OH is 1. The predicted molar refractivity (Wildman–Crippen MR) is 85.7 cm³/mol. The first-order chi connectivity index (χ1) is 10.1. The maximum Gasteiger partial charge on any atom is 0.251 e. The molecule has 21 heavy (non-hydrogen) atoms. The third kappa shape index (κ3) is 3.24. The summed E-state index contributed by atoms with van der Waals surface area (Å²) >= 11 is 1.60. The smallest absolute Gasteiger partial charge is 0.251 e. The zero-order chi connectivity index (χ0) is 14.8. The van der Waals surface area contributed by atoms with E-state index in [9.17, 15) is 9.90 Å². The molecule has 0 spiro atoms. The monoisotopic (exact) mass is 308 g/mol. The lowest BCUT2D eigenvalue weighted by Gasteiger charge is -2.17. The minimum atomic E-state index is -0.577. The standard InChI is InChI=1S/C16H24N2O2S/c17-15(20)14-11-7-3-4-8-12(11)21-16(14)18-13(19)9-10-5-1-2-6-10/h10,13,18-19H,1-9H2,(H2,17,20). The number of hydrogen-bond donors (Lipinski definition) is 3. The molecule has 1 fully saturated rings. The molecule has 1 amide bonds. The maximum absolute atomic E-state index is 11.8. The van der Waals surface area contributed by atoms with Gasteiger partial charge in [0, 0.05) is 4.88 Å². The van der Waals surface area contributed by atoms with Crippen LogP contribution in [-0.2, 0) is 12.8 Å². The predicted octanol–water partition coefficient (Wildman–Crippen LogP) is 3.04. The third-order valence-electron chi connectivity index (χ3n) is 4.75. The molecular formula is C16H24N2O2S. The number of fused-ring (bicyclic) bond motifs is 1. The summed E-state index contributed by atoms with van der Waals surface area (Å²) < 4.78 is 0. The topological polar surface area (TPSA) is 75.4 Å². The van der Waals surface area contributed by atoms with Crippen molar-refractivity contribution in [2.24, 2.45) is 11.7 Å². The first-order valence-electron chi connectivity index (χ1n) is 8.04. The number of amides is 1. The molecule has 4 nitrogen and oxygen atoms in total. The number of primary amides is 1. The van der Waals surface area contributed by atoms with Crippen LogP contribution in [-0.4, -0.2) is 17.2 Å². The highest BCUT2D eigenvalue weighted by Crippen LogP contribution is 2.38. The van der Waals surface area contributed by atoms with Crippen LogP contribution in [0.4, 0.5) is 5.00 Å². The molecule has 3 rings (SSSR count). The number of carbonyl (C=O) groups excluding carboxylic acids is 1. The number of hydrogen-bond acceptors (Lipinski definition) is 4. The molecule has 1 unspecified atom stereocenters.